The van der Waals surface area contributed by atoms with Gasteiger partial charge in [-0.05, 0) is 89.7 Å². The lowest BCUT2D eigenvalue weighted by molar-refractivity contribution is 0.195. The van der Waals surface area contributed by atoms with E-state index in [0.29, 0.717) is 5.41 Å². The zero-order chi connectivity index (χ0) is 16.1. The van der Waals surface area contributed by atoms with Gasteiger partial charge in [0.2, 0.25) is 0 Å². The Labute approximate surface area is 146 Å². The minimum absolute atomic E-state index is 0.598. The molecule has 3 atom stereocenters. The molecule has 0 heterocycles. The van der Waals surface area contributed by atoms with E-state index in [0.717, 1.165) is 11.8 Å². The summed E-state index contributed by atoms with van der Waals surface area (Å²) in [6.07, 6.45) is 15.7. The predicted octanol–water partition coefficient (Wildman–Crippen LogP) is 6.25. The summed E-state index contributed by atoms with van der Waals surface area (Å²) in [5, 5.41) is 2.91. The second kappa shape index (κ2) is 5.48. The minimum atomic E-state index is 0.598. The van der Waals surface area contributed by atoms with Crippen LogP contribution in [0.4, 0.5) is 0 Å². The smallest absolute Gasteiger partial charge is 0.0168 e. The first-order valence-corrected chi connectivity index (χ1v) is 9.98. The highest BCUT2D eigenvalue weighted by Gasteiger charge is 2.49. The number of unbranched alkanes of at least 4 members (excludes halogenated alkanes) is 1. The largest absolute Gasteiger partial charge is 0.0851 e. The van der Waals surface area contributed by atoms with Gasteiger partial charge in [-0.15, -0.1) is 0 Å². The molecule has 1 saturated carbocycles. The van der Waals surface area contributed by atoms with Crippen LogP contribution in [0, 0.1) is 17.3 Å². The molecule has 1 fully saturated rings. The number of rotatable bonds is 3. The molecule has 0 amide bonds. The van der Waals surface area contributed by atoms with Gasteiger partial charge in [-0.2, -0.15) is 0 Å². The summed E-state index contributed by atoms with van der Waals surface area (Å²) in [6.45, 7) is 2.28. The van der Waals surface area contributed by atoms with E-state index in [-0.39, 0.29) is 0 Å². The first-order chi connectivity index (χ1) is 11.8. The first kappa shape index (κ1) is 14.8. The number of benzene rings is 2. The molecule has 1 spiro atoms. The van der Waals surface area contributed by atoms with E-state index in [1.54, 1.807) is 11.1 Å². The van der Waals surface area contributed by atoms with E-state index in [2.05, 4.69) is 49.4 Å². The van der Waals surface area contributed by atoms with Gasteiger partial charge < -0.3 is 0 Å². The fraction of sp³-hybridized carbons (Fsp3) is 0.500. The van der Waals surface area contributed by atoms with E-state index < -0.39 is 0 Å². The third-order valence-corrected chi connectivity index (χ3v) is 7.10. The second-order valence-electron chi connectivity index (χ2n) is 8.64. The summed E-state index contributed by atoms with van der Waals surface area (Å²) < 4.78 is 0. The molecule has 0 heteroatoms. The number of allylic oxidation sites excluding steroid dienone is 2. The van der Waals surface area contributed by atoms with Crippen LogP contribution in [0.3, 0.4) is 0 Å². The Morgan fingerprint density at radius 1 is 1.04 bits per heavy atom. The van der Waals surface area contributed by atoms with Gasteiger partial charge in [-0.25, -0.2) is 0 Å². The van der Waals surface area contributed by atoms with Crippen molar-refractivity contribution in [2.75, 3.05) is 0 Å². The van der Waals surface area contributed by atoms with Crippen LogP contribution in [0.15, 0.2) is 42.5 Å². The Morgan fingerprint density at radius 3 is 2.75 bits per heavy atom. The van der Waals surface area contributed by atoms with E-state index >= 15 is 0 Å². The molecule has 2 aromatic carbocycles. The zero-order valence-electron chi connectivity index (χ0n) is 14.9. The van der Waals surface area contributed by atoms with Gasteiger partial charge in [-0.1, -0.05) is 55.8 Å². The molecule has 0 aromatic heterocycles. The fourth-order valence-electron chi connectivity index (χ4n) is 5.77. The predicted molar refractivity (Wildman–Crippen MR) is 102 cm³/mol. The van der Waals surface area contributed by atoms with E-state index in [1.807, 2.05) is 0 Å². The van der Waals surface area contributed by atoms with Gasteiger partial charge in [0.1, 0.15) is 0 Å². The Kier molecular flexibility index (Phi) is 3.37. The molecule has 5 rings (SSSR count). The molecule has 0 aliphatic heterocycles. The van der Waals surface area contributed by atoms with Gasteiger partial charge in [0, 0.05) is 0 Å². The summed E-state index contributed by atoms with van der Waals surface area (Å²) in [7, 11) is 0. The standard InChI is InChI=1S/C24H28/c1-2-3-4-17-5-7-19-14-22-16-24(15-18-6-8-23(24)12-18)10-9-20(22)13-21(19)11-17/h5-8,11,13-14,18,23H,2-4,9-10,12,15-16H2,1H3. The number of hydrogen-bond donors (Lipinski definition) is 0. The van der Waals surface area contributed by atoms with Crippen LogP contribution >= 0.6 is 0 Å². The van der Waals surface area contributed by atoms with Gasteiger partial charge in [0.05, 0.1) is 0 Å². The second-order valence-corrected chi connectivity index (χ2v) is 8.64. The van der Waals surface area contributed by atoms with Gasteiger partial charge in [-0.3, -0.25) is 0 Å². The van der Waals surface area contributed by atoms with Crippen LogP contribution in [0.5, 0.6) is 0 Å². The highest BCUT2D eigenvalue weighted by molar-refractivity contribution is 5.85. The molecule has 124 valence electrons. The van der Waals surface area contributed by atoms with Crippen LogP contribution in [0.25, 0.3) is 10.8 Å². The Balaban J connectivity index is 1.49. The molecule has 3 aliphatic carbocycles. The zero-order valence-corrected chi connectivity index (χ0v) is 14.9. The number of fused-ring (bicyclic) bond motifs is 5. The molecule has 24 heavy (non-hydrogen) atoms. The maximum Gasteiger partial charge on any atom is -0.0168 e. The van der Waals surface area contributed by atoms with Crippen molar-refractivity contribution in [2.45, 2.75) is 58.3 Å². The van der Waals surface area contributed by atoms with Gasteiger partial charge in [0.15, 0.2) is 0 Å². The molecule has 0 nitrogen and oxygen atoms in total. The van der Waals surface area contributed by atoms with Crippen LogP contribution in [0.1, 0.15) is 55.7 Å². The van der Waals surface area contributed by atoms with Crippen molar-refractivity contribution in [1.29, 1.82) is 0 Å². The maximum absolute atomic E-state index is 2.54. The van der Waals surface area contributed by atoms with Crippen molar-refractivity contribution in [1.82, 2.24) is 0 Å². The monoisotopic (exact) mass is 316 g/mol. The van der Waals surface area contributed by atoms with Gasteiger partial charge >= 0.3 is 0 Å². The minimum Gasteiger partial charge on any atom is -0.0851 e. The van der Waals surface area contributed by atoms with Crippen molar-refractivity contribution >= 4 is 10.8 Å². The van der Waals surface area contributed by atoms with Crippen molar-refractivity contribution in [2.24, 2.45) is 17.3 Å². The van der Waals surface area contributed by atoms with E-state index in [9.17, 15) is 0 Å². The summed E-state index contributed by atoms with van der Waals surface area (Å²) in [5.41, 5.74) is 5.39. The van der Waals surface area contributed by atoms with Crippen molar-refractivity contribution < 1.29 is 0 Å². The van der Waals surface area contributed by atoms with Gasteiger partial charge in [0.25, 0.3) is 0 Å². The lowest BCUT2D eigenvalue weighted by Crippen LogP contribution is -2.32. The average molecular weight is 316 g/mol. The Hall–Kier alpha value is -1.56. The van der Waals surface area contributed by atoms with E-state index in [4.69, 9.17) is 0 Å². The van der Waals surface area contributed by atoms with Crippen LogP contribution in [-0.2, 0) is 19.3 Å². The molecule has 0 N–H and O–H groups in total. The van der Waals surface area contributed by atoms with Crippen LogP contribution in [-0.4, -0.2) is 0 Å². The third-order valence-electron chi connectivity index (χ3n) is 7.10. The molecule has 3 aliphatic rings. The highest BCUT2D eigenvalue weighted by atomic mass is 14.5. The molecular formula is C24H28. The Morgan fingerprint density at radius 2 is 1.96 bits per heavy atom. The third kappa shape index (κ3) is 2.26. The van der Waals surface area contributed by atoms with Crippen LogP contribution in [0.2, 0.25) is 0 Å². The quantitative estimate of drug-likeness (QED) is 0.587. The average Bonchev–Trinajstić information content (AvgIpc) is 3.19. The summed E-state index contributed by atoms with van der Waals surface area (Å²) in [6, 6.07) is 12.2. The normalized spacial score (nSPS) is 30.4. The molecular weight excluding hydrogens is 288 g/mol. The molecule has 2 bridgehead atoms. The van der Waals surface area contributed by atoms with Crippen molar-refractivity contribution in [3.05, 3.63) is 59.2 Å². The summed E-state index contributed by atoms with van der Waals surface area (Å²) in [5.74, 6) is 1.75. The molecule has 3 unspecified atom stereocenters. The molecule has 0 saturated heterocycles. The Bertz CT molecular complexity index is 812. The number of aryl methyl sites for hydroxylation is 2. The fourth-order valence-corrected chi connectivity index (χ4v) is 5.77. The SMILES string of the molecule is CCCCc1ccc2cc3c(cc2c1)CCC1(C3)CC2C=CC1C2. The van der Waals surface area contributed by atoms with Crippen LogP contribution < -0.4 is 0 Å². The topological polar surface area (TPSA) is 0 Å². The van der Waals surface area contributed by atoms with Crippen molar-refractivity contribution in [3.63, 3.8) is 0 Å². The summed E-state index contributed by atoms with van der Waals surface area (Å²) >= 11 is 0. The van der Waals surface area contributed by atoms with E-state index in [1.165, 1.54) is 67.7 Å². The lowest BCUT2D eigenvalue weighted by Gasteiger charge is -2.40. The first-order valence-electron chi connectivity index (χ1n) is 9.98. The number of hydrogen-bond acceptors (Lipinski definition) is 0. The summed E-state index contributed by atoms with van der Waals surface area (Å²) in [4.78, 5) is 0. The van der Waals surface area contributed by atoms with Crippen molar-refractivity contribution in [3.8, 4) is 0 Å². The molecule has 2 aromatic rings. The molecule has 0 radical (unpaired) electrons. The lowest BCUT2D eigenvalue weighted by atomic mass is 9.64. The maximum atomic E-state index is 2.54. The highest BCUT2D eigenvalue weighted by Crippen LogP contribution is 2.57.